The summed E-state index contributed by atoms with van der Waals surface area (Å²) in [6, 6.07) is 13.5. The highest BCUT2D eigenvalue weighted by atomic mass is 16.5. The van der Waals surface area contributed by atoms with Crippen LogP contribution in [0, 0.1) is 0 Å². The van der Waals surface area contributed by atoms with E-state index < -0.39 is 0 Å². The van der Waals surface area contributed by atoms with Gasteiger partial charge in [0.15, 0.2) is 0 Å². The normalized spacial score (nSPS) is 10.5. The Labute approximate surface area is 146 Å². The van der Waals surface area contributed by atoms with Crippen molar-refractivity contribution in [1.29, 1.82) is 0 Å². The zero-order valence-electron chi connectivity index (χ0n) is 14.3. The van der Waals surface area contributed by atoms with Gasteiger partial charge in [-0.15, -0.1) is 0 Å². The van der Waals surface area contributed by atoms with E-state index in [2.05, 4.69) is 15.4 Å². The van der Waals surface area contributed by atoms with E-state index in [-0.39, 0.29) is 5.91 Å². The van der Waals surface area contributed by atoms with E-state index in [1.165, 1.54) is 0 Å². The van der Waals surface area contributed by atoms with Gasteiger partial charge in [-0.2, -0.15) is 5.10 Å². The zero-order valence-corrected chi connectivity index (χ0v) is 14.3. The molecule has 0 aliphatic heterocycles. The van der Waals surface area contributed by atoms with Gasteiger partial charge in [0.2, 0.25) is 5.88 Å². The smallest absolute Gasteiger partial charge is 0.259 e. The molecule has 0 unspecified atom stereocenters. The summed E-state index contributed by atoms with van der Waals surface area (Å²) in [4.78, 5) is 16.7. The van der Waals surface area contributed by atoms with Crippen molar-refractivity contribution in [3.63, 3.8) is 0 Å². The largest absolute Gasteiger partial charge is 0.481 e. The number of methoxy groups -OCH3 is 1. The third-order valence-corrected chi connectivity index (χ3v) is 3.91. The van der Waals surface area contributed by atoms with Gasteiger partial charge < -0.3 is 10.1 Å². The molecule has 0 atom stereocenters. The minimum Gasteiger partial charge on any atom is -0.481 e. The van der Waals surface area contributed by atoms with Gasteiger partial charge in [0.25, 0.3) is 5.91 Å². The number of carbonyl (C=O) groups is 1. The molecule has 128 valence electrons. The quantitative estimate of drug-likeness (QED) is 0.751. The number of benzene rings is 1. The number of carbonyl (C=O) groups excluding carboxylic acids is 1. The number of hydrogen-bond acceptors (Lipinski definition) is 4. The van der Waals surface area contributed by atoms with Crippen molar-refractivity contribution in [2.45, 2.75) is 19.9 Å². The topological polar surface area (TPSA) is 69.0 Å². The fraction of sp³-hybridized carbons (Fsp3) is 0.211. The first-order valence-electron chi connectivity index (χ1n) is 8.11. The summed E-state index contributed by atoms with van der Waals surface area (Å²) in [6.45, 7) is 2.66. The lowest BCUT2D eigenvalue weighted by molar-refractivity contribution is 0.102. The van der Waals surface area contributed by atoms with E-state index in [0.717, 1.165) is 17.7 Å². The Hall–Kier alpha value is -3.15. The number of ether oxygens (including phenoxy) is 1. The minimum absolute atomic E-state index is 0.192. The molecule has 2 aromatic heterocycles. The first-order valence-corrected chi connectivity index (χ1v) is 8.11. The van der Waals surface area contributed by atoms with Gasteiger partial charge in [0, 0.05) is 6.07 Å². The molecule has 2 heterocycles. The van der Waals surface area contributed by atoms with Crippen molar-refractivity contribution in [2.24, 2.45) is 0 Å². The average molecular weight is 336 g/mol. The number of anilines is 1. The summed E-state index contributed by atoms with van der Waals surface area (Å²) in [5.41, 5.74) is 3.24. The molecule has 0 fully saturated rings. The molecule has 0 spiro atoms. The molecular formula is C19H20N4O2. The highest BCUT2D eigenvalue weighted by Gasteiger charge is 2.16. The van der Waals surface area contributed by atoms with Crippen LogP contribution >= 0.6 is 0 Å². The number of rotatable bonds is 6. The molecular weight excluding hydrogens is 316 g/mol. The summed E-state index contributed by atoms with van der Waals surface area (Å²) in [5.74, 6) is 0.311. The van der Waals surface area contributed by atoms with E-state index in [9.17, 15) is 4.79 Å². The van der Waals surface area contributed by atoms with E-state index in [1.54, 1.807) is 31.6 Å². The Kier molecular flexibility index (Phi) is 5.09. The molecule has 1 amide bonds. The van der Waals surface area contributed by atoms with E-state index >= 15 is 0 Å². The third-order valence-electron chi connectivity index (χ3n) is 3.91. The monoisotopic (exact) mass is 336 g/mol. The van der Waals surface area contributed by atoms with Gasteiger partial charge in [-0.05, 0) is 18.1 Å². The molecule has 1 N–H and O–H groups in total. The van der Waals surface area contributed by atoms with Crippen molar-refractivity contribution in [2.75, 3.05) is 12.4 Å². The van der Waals surface area contributed by atoms with Gasteiger partial charge in [-0.25, -0.2) is 4.98 Å². The molecule has 6 nitrogen and oxygen atoms in total. The number of hydrogen-bond donors (Lipinski definition) is 1. The van der Waals surface area contributed by atoms with E-state index in [4.69, 9.17) is 4.74 Å². The van der Waals surface area contributed by atoms with Crippen molar-refractivity contribution < 1.29 is 9.53 Å². The van der Waals surface area contributed by atoms with Gasteiger partial charge in [-0.3, -0.25) is 9.48 Å². The Morgan fingerprint density at radius 1 is 1.16 bits per heavy atom. The number of amides is 1. The van der Waals surface area contributed by atoms with Crippen molar-refractivity contribution in [3.8, 4) is 5.88 Å². The molecule has 0 aliphatic rings. The molecule has 0 saturated carbocycles. The van der Waals surface area contributed by atoms with Crippen LogP contribution in [-0.4, -0.2) is 27.8 Å². The average Bonchev–Trinajstić information content (AvgIpc) is 3.06. The Morgan fingerprint density at radius 3 is 2.60 bits per heavy atom. The molecule has 0 aliphatic carbocycles. The first kappa shape index (κ1) is 16.7. The zero-order chi connectivity index (χ0) is 17.6. The van der Waals surface area contributed by atoms with E-state index in [0.29, 0.717) is 23.7 Å². The second-order valence-electron chi connectivity index (χ2n) is 5.55. The lowest BCUT2D eigenvalue weighted by Gasteiger charge is -2.09. The van der Waals surface area contributed by atoms with Crippen LogP contribution in [0.2, 0.25) is 0 Å². The Balaban J connectivity index is 1.78. The molecule has 3 aromatic rings. The predicted molar refractivity (Wildman–Crippen MR) is 95.9 cm³/mol. The van der Waals surface area contributed by atoms with Crippen LogP contribution in [0.3, 0.4) is 0 Å². The highest BCUT2D eigenvalue weighted by Crippen LogP contribution is 2.16. The summed E-state index contributed by atoms with van der Waals surface area (Å²) < 4.78 is 6.89. The molecule has 6 heteroatoms. The van der Waals surface area contributed by atoms with Crippen LogP contribution < -0.4 is 10.1 Å². The maximum absolute atomic E-state index is 12.6. The number of aromatic nitrogens is 3. The van der Waals surface area contributed by atoms with Gasteiger partial charge >= 0.3 is 0 Å². The van der Waals surface area contributed by atoms with Crippen LogP contribution in [0.5, 0.6) is 5.88 Å². The van der Waals surface area contributed by atoms with Gasteiger partial charge in [-0.1, -0.05) is 37.3 Å². The van der Waals surface area contributed by atoms with Crippen molar-refractivity contribution >= 4 is 11.6 Å². The Morgan fingerprint density at radius 2 is 1.96 bits per heavy atom. The molecule has 0 saturated heterocycles. The molecule has 25 heavy (non-hydrogen) atoms. The van der Waals surface area contributed by atoms with Crippen molar-refractivity contribution in [1.82, 2.24) is 14.8 Å². The van der Waals surface area contributed by atoms with Gasteiger partial charge in [0.1, 0.15) is 0 Å². The van der Waals surface area contributed by atoms with Crippen LogP contribution in [0.25, 0.3) is 0 Å². The maximum Gasteiger partial charge on any atom is 0.259 e. The van der Waals surface area contributed by atoms with Crippen LogP contribution in [0.4, 0.5) is 5.69 Å². The summed E-state index contributed by atoms with van der Waals surface area (Å²) in [7, 11) is 1.55. The van der Waals surface area contributed by atoms with Crippen molar-refractivity contribution in [3.05, 3.63) is 71.7 Å². The number of pyridine rings is 1. The summed E-state index contributed by atoms with van der Waals surface area (Å²) >= 11 is 0. The predicted octanol–water partition coefficient (Wildman–Crippen LogP) is 3.15. The standard InChI is InChI=1S/C19H20N4O2/c1-3-17-16(12-21-23(17)13-14-7-5-4-6-8-14)19(24)22-15-9-10-18(25-2)20-11-15/h4-12H,3,13H2,1-2H3,(H,22,24). The fourth-order valence-electron chi connectivity index (χ4n) is 2.64. The second kappa shape index (κ2) is 7.61. The lowest BCUT2D eigenvalue weighted by Crippen LogP contribution is -2.15. The van der Waals surface area contributed by atoms with Crippen LogP contribution in [0.15, 0.2) is 54.9 Å². The molecule has 0 radical (unpaired) electrons. The van der Waals surface area contributed by atoms with Crippen LogP contribution in [0.1, 0.15) is 28.5 Å². The number of nitrogens with zero attached hydrogens (tertiary/aromatic N) is 3. The lowest BCUT2D eigenvalue weighted by atomic mass is 10.1. The molecule has 1 aromatic carbocycles. The summed E-state index contributed by atoms with van der Waals surface area (Å²) in [5, 5.41) is 7.24. The second-order valence-corrected chi connectivity index (χ2v) is 5.55. The number of nitrogens with one attached hydrogen (secondary N) is 1. The van der Waals surface area contributed by atoms with Gasteiger partial charge in [0.05, 0.1) is 43.0 Å². The third kappa shape index (κ3) is 3.85. The molecule has 3 rings (SSSR count). The maximum atomic E-state index is 12.6. The Bertz CT molecular complexity index is 842. The summed E-state index contributed by atoms with van der Waals surface area (Å²) in [6.07, 6.45) is 3.90. The SMILES string of the molecule is CCc1c(C(=O)Nc2ccc(OC)nc2)cnn1Cc1ccccc1. The van der Waals surface area contributed by atoms with E-state index in [1.807, 2.05) is 41.9 Å². The minimum atomic E-state index is -0.192. The molecule has 0 bridgehead atoms. The fourth-order valence-corrected chi connectivity index (χ4v) is 2.64. The first-order chi connectivity index (χ1) is 12.2. The highest BCUT2D eigenvalue weighted by molar-refractivity contribution is 6.04. The van der Waals surface area contributed by atoms with Crippen LogP contribution in [-0.2, 0) is 13.0 Å².